The van der Waals surface area contributed by atoms with E-state index in [9.17, 15) is 4.79 Å². The van der Waals surface area contributed by atoms with Crippen LogP contribution in [0.4, 0.5) is 5.82 Å². The van der Waals surface area contributed by atoms with E-state index < -0.39 is 5.97 Å². The van der Waals surface area contributed by atoms with Crippen molar-refractivity contribution in [3.8, 4) is 0 Å². The Morgan fingerprint density at radius 2 is 2.05 bits per heavy atom. The minimum Gasteiger partial charge on any atom is -0.464 e. The molecule has 1 rings (SSSR count). The van der Waals surface area contributed by atoms with Crippen LogP contribution >= 0.6 is 0 Å². The number of carbonyl (C=O) groups excluding carboxylic acids is 1. The molecule has 1 aromatic rings. The first-order chi connectivity index (χ1) is 8.74. The Morgan fingerprint density at radius 1 is 1.47 bits per heavy atom. The van der Waals surface area contributed by atoms with E-state index in [0.29, 0.717) is 11.7 Å². The predicted octanol–water partition coefficient (Wildman–Crippen LogP) is 2.50. The van der Waals surface area contributed by atoms with Gasteiger partial charge in [-0.15, -0.1) is 0 Å². The van der Waals surface area contributed by atoms with Gasteiger partial charge in [0.25, 0.3) is 0 Å². The zero-order valence-corrected chi connectivity index (χ0v) is 12.8. The summed E-state index contributed by atoms with van der Waals surface area (Å²) in [5.41, 5.74) is 6.36. The predicted molar refractivity (Wildman–Crippen MR) is 76.0 cm³/mol. The summed E-state index contributed by atoms with van der Waals surface area (Å²) in [7, 11) is 1.34. The van der Waals surface area contributed by atoms with Gasteiger partial charge in [0, 0.05) is 13.0 Å². The molecular formula is C14H25N3O2. The van der Waals surface area contributed by atoms with Gasteiger partial charge in [-0.1, -0.05) is 34.6 Å². The lowest BCUT2D eigenvalue weighted by Crippen LogP contribution is -2.27. The van der Waals surface area contributed by atoms with Gasteiger partial charge in [0.15, 0.2) is 5.69 Å². The molecule has 0 saturated heterocycles. The van der Waals surface area contributed by atoms with Crippen LogP contribution in [-0.2, 0) is 17.7 Å². The van der Waals surface area contributed by atoms with Crippen LogP contribution in [0.1, 0.15) is 50.9 Å². The third kappa shape index (κ3) is 3.08. The van der Waals surface area contributed by atoms with Gasteiger partial charge >= 0.3 is 5.97 Å². The first-order valence-corrected chi connectivity index (χ1v) is 6.67. The summed E-state index contributed by atoms with van der Waals surface area (Å²) in [6.07, 6.45) is 0.732. The molecule has 0 amide bonds. The Hall–Kier alpha value is -1.52. The van der Waals surface area contributed by atoms with Crippen molar-refractivity contribution in [2.75, 3.05) is 12.8 Å². The third-order valence-electron chi connectivity index (χ3n) is 3.91. The van der Waals surface area contributed by atoms with Crippen LogP contribution in [0, 0.1) is 11.3 Å². The summed E-state index contributed by atoms with van der Waals surface area (Å²) in [6, 6.07) is 0. The van der Waals surface area contributed by atoms with Gasteiger partial charge in [0.2, 0.25) is 0 Å². The highest BCUT2D eigenvalue weighted by molar-refractivity contribution is 5.92. The number of carbonyl (C=O) groups is 1. The first-order valence-electron chi connectivity index (χ1n) is 6.67. The molecule has 0 radical (unpaired) electrons. The lowest BCUT2D eigenvalue weighted by Gasteiger charge is -2.30. The number of imidazole rings is 1. The molecule has 19 heavy (non-hydrogen) atoms. The van der Waals surface area contributed by atoms with Crippen LogP contribution in [-0.4, -0.2) is 22.6 Å². The molecule has 0 spiro atoms. The number of ether oxygens (including phenoxy) is 1. The molecule has 5 nitrogen and oxygen atoms in total. The Bertz CT molecular complexity index is 462. The van der Waals surface area contributed by atoms with E-state index in [1.807, 2.05) is 11.5 Å². The number of aromatic nitrogens is 2. The molecule has 0 aliphatic carbocycles. The topological polar surface area (TPSA) is 70.1 Å². The minimum atomic E-state index is -0.478. The Balaban J connectivity index is 3.20. The van der Waals surface area contributed by atoms with Gasteiger partial charge < -0.3 is 15.0 Å². The van der Waals surface area contributed by atoms with Crippen LogP contribution < -0.4 is 5.73 Å². The molecule has 0 saturated carbocycles. The van der Waals surface area contributed by atoms with Crippen molar-refractivity contribution in [3.05, 3.63) is 11.5 Å². The van der Waals surface area contributed by atoms with Gasteiger partial charge in [-0.25, -0.2) is 9.78 Å². The number of anilines is 1. The van der Waals surface area contributed by atoms with E-state index >= 15 is 0 Å². The fraction of sp³-hybridized carbons (Fsp3) is 0.714. The van der Waals surface area contributed by atoms with Crippen molar-refractivity contribution in [2.45, 2.75) is 47.6 Å². The van der Waals surface area contributed by atoms with Crippen molar-refractivity contribution in [1.82, 2.24) is 9.55 Å². The summed E-state index contributed by atoms with van der Waals surface area (Å²) in [4.78, 5) is 15.9. The average molecular weight is 267 g/mol. The van der Waals surface area contributed by atoms with Crippen LogP contribution in [0.2, 0.25) is 0 Å². The van der Waals surface area contributed by atoms with Crippen molar-refractivity contribution in [2.24, 2.45) is 11.3 Å². The molecule has 0 aliphatic rings. The van der Waals surface area contributed by atoms with E-state index in [0.717, 1.165) is 18.8 Å². The average Bonchev–Trinajstić information content (AvgIpc) is 2.65. The maximum absolute atomic E-state index is 11.6. The zero-order chi connectivity index (χ0) is 14.8. The molecule has 108 valence electrons. The third-order valence-corrected chi connectivity index (χ3v) is 3.91. The van der Waals surface area contributed by atoms with Crippen molar-refractivity contribution in [3.63, 3.8) is 0 Å². The first kappa shape index (κ1) is 15.5. The molecule has 5 heteroatoms. The van der Waals surface area contributed by atoms with Gasteiger partial charge in [0.05, 0.1) is 7.11 Å². The van der Waals surface area contributed by atoms with Crippen molar-refractivity contribution < 1.29 is 9.53 Å². The van der Waals surface area contributed by atoms with E-state index in [1.54, 1.807) is 0 Å². The molecule has 1 heterocycles. The molecule has 0 aromatic carbocycles. The van der Waals surface area contributed by atoms with Gasteiger partial charge in [-0.3, -0.25) is 0 Å². The summed E-state index contributed by atoms with van der Waals surface area (Å²) in [5, 5.41) is 0. The SMILES string of the molecule is CCc1nc(C(=O)OC)c(N)n1CC(C)(C)C(C)C. The second-order valence-electron chi connectivity index (χ2n) is 5.84. The van der Waals surface area contributed by atoms with Crippen LogP contribution in [0.15, 0.2) is 0 Å². The second kappa shape index (κ2) is 5.63. The van der Waals surface area contributed by atoms with Crippen molar-refractivity contribution in [1.29, 1.82) is 0 Å². The molecule has 0 unspecified atom stereocenters. The number of hydrogen-bond donors (Lipinski definition) is 1. The normalized spacial score (nSPS) is 11.9. The van der Waals surface area contributed by atoms with Gasteiger partial charge in [-0.2, -0.15) is 0 Å². The van der Waals surface area contributed by atoms with Crippen LogP contribution in [0.25, 0.3) is 0 Å². The quantitative estimate of drug-likeness (QED) is 0.832. The van der Waals surface area contributed by atoms with E-state index in [2.05, 4.69) is 32.7 Å². The molecule has 0 aliphatic heterocycles. The smallest absolute Gasteiger partial charge is 0.360 e. The fourth-order valence-electron chi connectivity index (χ4n) is 1.80. The maximum atomic E-state index is 11.6. The van der Waals surface area contributed by atoms with Crippen LogP contribution in [0.5, 0.6) is 0 Å². The number of esters is 1. The highest BCUT2D eigenvalue weighted by atomic mass is 16.5. The molecule has 0 atom stereocenters. The van der Waals surface area contributed by atoms with Gasteiger partial charge in [-0.05, 0) is 11.3 Å². The maximum Gasteiger partial charge on any atom is 0.360 e. The molecule has 1 aromatic heterocycles. The molecule has 0 bridgehead atoms. The summed E-state index contributed by atoms with van der Waals surface area (Å²) in [6.45, 7) is 11.5. The number of rotatable bonds is 5. The second-order valence-corrected chi connectivity index (χ2v) is 5.84. The number of nitrogen functional groups attached to an aromatic ring is 1. The van der Waals surface area contributed by atoms with E-state index in [1.165, 1.54) is 7.11 Å². The molecular weight excluding hydrogens is 242 g/mol. The molecule has 0 fully saturated rings. The molecule has 2 N–H and O–H groups in total. The summed E-state index contributed by atoms with van der Waals surface area (Å²) >= 11 is 0. The number of hydrogen-bond acceptors (Lipinski definition) is 4. The number of nitrogens with zero attached hydrogens (tertiary/aromatic N) is 2. The largest absolute Gasteiger partial charge is 0.464 e. The number of nitrogens with two attached hydrogens (primary N) is 1. The van der Waals surface area contributed by atoms with E-state index in [4.69, 9.17) is 10.5 Å². The Labute approximate surface area is 115 Å². The lowest BCUT2D eigenvalue weighted by atomic mass is 9.81. The minimum absolute atomic E-state index is 0.0755. The van der Waals surface area contributed by atoms with Crippen LogP contribution in [0.3, 0.4) is 0 Å². The standard InChI is InChI=1S/C14H25N3O2/c1-7-10-16-11(13(18)19-6)12(15)17(10)8-14(4,5)9(2)3/h9H,7-8,15H2,1-6H3. The monoisotopic (exact) mass is 267 g/mol. The lowest BCUT2D eigenvalue weighted by molar-refractivity contribution is 0.0595. The van der Waals surface area contributed by atoms with Crippen molar-refractivity contribution >= 4 is 11.8 Å². The fourth-order valence-corrected chi connectivity index (χ4v) is 1.80. The Kier molecular flexibility index (Phi) is 4.61. The number of methoxy groups -OCH3 is 1. The Morgan fingerprint density at radius 3 is 2.47 bits per heavy atom. The zero-order valence-electron chi connectivity index (χ0n) is 12.8. The number of aryl methyl sites for hydroxylation is 1. The van der Waals surface area contributed by atoms with E-state index in [-0.39, 0.29) is 11.1 Å². The van der Waals surface area contributed by atoms with Gasteiger partial charge in [0.1, 0.15) is 11.6 Å². The highest BCUT2D eigenvalue weighted by Crippen LogP contribution is 2.30. The summed E-state index contributed by atoms with van der Waals surface area (Å²) in [5.74, 6) is 1.25. The highest BCUT2D eigenvalue weighted by Gasteiger charge is 2.27. The summed E-state index contributed by atoms with van der Waals surface area (Å²) < 4.78 is 6.65.